The first-order chi connectivity index (χ1) is 11.9. The number of halogens is 2. The smallest absolute Gasteiger partial charge is 0.273 e. The standard InChI is InChI=1S/C18H12BrFN2O3/c1-10-3-2-4-13(7-10)22-17(24)14(16(23)21-18(22)25)9-11-8-12(19)5-6-15(11)20/h2-9H,1H3,(H,21,23,25)/b14-9+. The third-order valence-electron chi connectivity index (χ3n) is 3.62. The van der Waals surface area contributed by atoms with Gasteiger partial charge >= 0.3 is 6.03 Å². The van der Waals surface area contributed by atoms with E-state index < -0.39 is 23.7 Å². The number of urea groups is 1. The molecule has 1 fully saturated rings. The maximum atomic E-state index is 13.9. The number of imide groups is 2. The monoisotopic (exact) mass is 402 g/mol. The third-order valence-corrected chi connectivity index (χ3v) is 4.11. The lowest BCUT2D eigenvalue weighted by molar-refractivity contribution is -0.122. The lowest BCUT2D eigenvalue weighted by atomic mass is 10.1. The fraction of sp³-hybridized carbons (Fsp3) is 0.0556. The average Bonchev–Trinajstić information content (AvgIpc) is 2.54. The van der Waals surface area contributed by atoms with E-state index in [0.29, 0.717) is 10.2 Å². The molecule has 0 atom stereocenters. The Balaban J connectivity index is 2.07. The molecule has 0 bridgehead atoms. The first kappa shape index (κ1) is 17.0. The van der Waals surface area contributed by atoms with Crippen LogP contribution in [0.25, 0.3) is 6.08 Å². The van der Waals surface area contributed by atoms with Crippen LogP contribution in [0.4, 0.5) is 14.9 Å². The van der Waals surface area contributed by atoms with Gasteiger partial charge in [-0.15, -0.1) is 0 Å². The van der Waals surface area contributed by atoms with E-state index in [-0.39, 0.29) is 11.1 Å². The number of carbonyl (C=O) groups excluding carboxylic acids is 3. The van der Waals surface area contributed by atoms with Gasteiger partial charge in [0.15, 0.2) is 0 Å². The molecular weight excluding hydrogens is 391 g/mol. The van der Waals surface area contributed by atoms with Crippen LogP contribution in [0.3, 0.4) is 0 Å². The highest BCUT2D eigenvalue weighted by molar-refractivity contribution is 9.10. The van der Waals surface area contributed by atoms with E-state index in [1.54, 1.807) is 18.2 Å². The first-order valence-corrected chi connectivity index (χ1v) is 8.09. The lowest BCUT2D eigenvalue weighted by Gasteiger charge is -2.26. The van der Waals surface area contributed by atoms with Crippen molar-refractivity contribution in [3.05, 3.63) is 69.5 Å². The number of barbiturate groups is 1. The number of aryl methyl sites for hydroxylation is 1. The molecule has 25 heavy (non-hydrogen) atoms. The fourth-order valence-corrected chi connectivity index (χ4v) is 2.82. The molecule has 1 aliphatic rings. The van der Waals surface area contributed by atoms with Crippen LogP contribution in [0.1, 0.15) is 11.1 Å². The van der Waals surface area contributed by atoms with Crippen molar-refractivity contribution in [1.82, 2.24) is 5.32 Å². The van der Waals surface area contributed by atoms with Crippen LogP contribution in [0, 0.1) is 12.7 Å². The molecule has 5 nitrogen and oxygen atoms in total. The molecule has 1 N–H and O–H groups in total. The van der Waals surface area contributed by atoms with E-state index in [1.165, 1.54) is 18.2 Å². The minimum absolute atomic E-state index is 0.0615. The molecule has 0 aliphatic carbocycles. The van der Waals surface area contributed by atoms with Gasteiger partial charge in [-0.3, -0.25) is 14.9 Å². The number of rotatable bonds is 2. The SMILES string of the molecule is Cc1cccc(N2C(=O)NC(=O)/C(=C\c3cc(Br)ccc3F)C2=O)c1. The lowest BCUT2D eigenvalue weighted by Crippen LogP contribution is -2.54. The molecule has 126 valence electrons. The van der Waals surface area contributed by atoms with Crippen molar-refractivity contribution in [3.63, 3.8) is 0 Å². The normalized spacial score (nSPS) is 16.4. The highest BCUT2D eigenvalue weighted by Crippen LogP contribution is 2.24. The van der Waals surface area contributed by atoms with Gasteiger partial charge in [0.05, 0.1) is 5.69 Å². The quantitative estimate of drug-likeness (QED) is 0.616. The summed E-state index contributed by atoms with van der Waals surface area (Å²) >= 11 is 3.21. The molecule has 0 aromatic heterocycles. The predicted octanol–water partition coefficient (Wildman–Crippen LogP) is 3.56. The number of benzene rings is 2. The summed E-state index contributed by atoms with van der Waals surface area (Å²) in [7, 11) is 0. The molecule has 0 saturated carbocycles. The molecule has 1 saturated heterocycles. The second kappa shape index (κ2) is 6.60. The van der Waals surface area contributed by atoms with Gasteiger partial charge in [-0.25, -0.2) is 14.1 Å². The van der Waals surface area contributed by atoms with Crippen molar-refractivity contribution in [2.45, 2.75) is 6.92 Å². The van der Waals surface area contributed by atoms with Crippen LogP contribution in [-0.4, -0.2) is 17.8 Å². The Morgan fingerprint density at radius 1 is 1.12 bits per heavy atom. The van der Waals surface area contributed by atoms with Crippen molar-refractivity contribution in [2.75, 3.05) is 4.90 Å². The Labute approximate surface area is 151 Å². The number of hydrogen-bond acceptors (Lipinski definition) is 3. The molecule has 3 rings (SSSR count). The van der Waals surface area contributed by atoms with Crippen molar-refractivity contribution >= 4 is 45.5 Å². The molecule has 7 heteroatoms. The number of amides is 4. The fourth-order valence-electron chi connectivity index (χ4n) is 2.44. The summed E-state index contributed by atoms with van der Waals surface area (Å²) in [5.74, 6) is -2.26. The zero-order valence-electron chi connectivity index (χ0n) is 13.0. The van der Waals surface area contributed by atoms with Gasteiger partial charge in [-0.2, -0.15) is 0 Å². The topological polar surface area (TPSA) is 66.5 Å². The van der Waals surface area contributed by atoms with Gasteiger partial charge in [0.2, 0.25) is 0 Å². The van der Waals surface area contributed by atoms with E-state index in [1.807, 2.05) is 13.0 Å². The molecular formula is C18H12BrFN2O3. The zero-order chi connectivity index (χ0) is 18.1. The second-order valence-electron chi connectivity index (χ2n) is 5.46. The largest absolute Gasteiger partial charge is 0.335 e. The van der Waals surface area contributed by atoms with Gasteiger partial charge in [0.25, 0.3) is 11.8 Å². The van der Waals surface area contributed by atoms with E-state index in [9.17, 15) is 18.8 Å². The Morgan fingerprint density at radius 3 is 2.60 bits per heavy atom. The molecule has 1 aliphatic heterocycles. The van der Waals surface area contributed by atoms with Crippen LogP contribution in [-0.2, 0) is 9.59 Å². The molecule has 0 unspecified atom stereocenters. The minimum Gasteiger partial charge on any atom is -0.273 e. The highest BCUT2D eigenvalue weighted by Gasteiger charge is 2.36. The van der Waals surface area contributed by atoms with Gasteiger partial charge in [-0.05, 0) is 48.9 Å². The number of hydrogen-bond donors (Lipinski definition) is 1. The Kier molecular flexibility index (Phi) is 4.50. The number of carbonyl (C=O) groups is 3. The van der Waals surface area contributed by atoms with Crippen LogP contribution >= 0.6 is 15.9 Å². The molecule has 2 aromatic carbocycles. The van der Waals surface area contributed by atoms with E-state index in [2.05, 4.69) is 21.2 Å². The Morgan fingerprint density at radius 2 is 1.88 bits per heavy atom. The molecule has 0 spiro atoms. The van der Waals surface area contributed by atoms with E-state index in [4.69, 9.17) is 0 Å². The van der Waals surface area contributed by atoms with E-state index in [0.717, 1.165) is 16.5 Å². The average molecular weight is 403 g/mol. The van der Waals surface area contributed by atoms with Gasteiger partial charge in [-0.1, -0.05) is 28.1 Å². The summed E-state index contributed by atoms with van der Waals surface area (Å²) in [5, 5.41) is 2.11. The predicted molar refractivity (Wildman–Crippen MR) is 94.3 cm³/mol. The summed E-state index contributed by atoms with van der Waals surface area (Å²) in [5.41, 5.74) is 0.915. The second-order valence-corrected chi connectivity index (χ2v) is 6.38. The molecule has 4 amide bonds. The number of nitrogens with one attached hydrogen (secondary N) is 1. The maximum Gasteiger partial charge on any atom is 0.335 e. The maximum absolute atomic E-state index is 13.9. The summed E-state index contributed by atoms with van der Waals surface area (Å²) in [4.78, 5) is 37.7. The van der Waals surface area contributed by atoms with Crippen molar-refractivity contribution in [2.24, 2.45) is 0 Å². The van der Waals surface area contributed by atoms with Crippen LogP contribution in [0.2, 0.25) is 0 Å². The van der Waals surface area contributed by atoms with E-state index >= 15 is 0 Å². The van der Waals surface area contributed by atoms with Crippen molar-refractivity contribution in [1.29, 1.82) is 0 Å². The first-order valence-electron chi connectivity index (χ1n) is 7.30. The van der Waals surface area contributed by atoms with Gasteiger partial charge in [0.1, 0.15) is 11.4 Å². The summed E-state index contributed by atoms with van der Waals surface area (Å²) in [6.45, 7) is 1.81. The Hall–Kier alpha value is -2.80. The summed E-state index contributed by atoms with van der Waals surface area (Å²) in [6, 6.07) is 10.0. The van der Waals surface area contributed by atoms with Crippen LogP contribution in [0.15, 0.2) is 52.5 Å². The van der Waals surface area contributed by atoms with Crippen molar-refractivity contribution < 1.29 is 18.8 Å². The summed E-state index contributed by atoms with van der Waals surface area (Å²) in [6.07, 6.45) is 1.13. The van der Waals surface area contributed by atoms with Gasteiger partial charge in [0, 0.05) is 10.0 Å². The summed E-state index contributed by atoms with van der Waals surface area (Å²) < 4.78 is 14.5. The zero-order valence-corrected chi connectivity index (χ0v) is 14.6. The molecule has 2 aromatic rings. The minimum atomic E-state index is -0.863. The molecule has 0 radical (unpaired) electrons. The Bertz CT molecular complexity index is 940. The van der Waals surface area contributed by atoms with Crippen molar-refractivity contribution in [3.8, 4) is 0 Å². The number of nitrogens with zero attached hydrogens (tertiary/aromatic N) is 1. The van der Waals surface area contributed by atoms with Crippen LogP contribution in [0.5, 0.6) is 0 Å². The third kappa shape index (κ3) is 3.36. The van der Waals surface area contributed by atoms with Crippen LogP contribution < -0.4 is 10.2 Å². The number of anilines is 1. The van der Waals surface area contributed by atoms with Gasteiger partial charge < -0.3 is 0 Å². The molecule has 1 heterocycles. The highest BCUT2D eigenvalue weighted by atomic mass is 79.9.